The van der Waals surface area contributed by atoms with Crippen molar-refractivity contribution in [1.29, 1.82) is 0 Å². The summed E-state index contributed by atoms with van der Waals surface area (Å²) in [6, 6.07) is 9.69. The van der Waals surface area contributed by atoms with E-state index in [9.17, 15) is 9.59 Å². The number of amides is 1. The molecule has 21 heavy (non-hydrogen) atoms. The number of aryl methyl sites for hydroxylation is 1. The Morgan fingerprint density at radius 1 is 1.24 bits per heavy atom. The first-order chi connectivity index (χ1) is 10.1. The maximum absolute atomic E-state index is 11.6. The third-order valence-corrected chi connectivity index (χ3v) is 3.76. The van der Waals surface area contributed by atoms with Gasteiger partial charge in [0.15, 0.2) is 6.61 Å². The second-order valence-electron chi connectivity index (χ2n) is 4.67. The number of ether oxygens (including phenoxy) is 1. The lowest BCUT2D eigenvalue weighted by Crippen LogP contribution is -2.28. The van der Waals surface area contributed by atoms with Crippen LogP contribution in [0.4, 0.5) is 0 Å². The van der Waals surface area contributed by atoms with Gasteiger partial charge in [-0.25, -0.2) is 0 Å². The highest BCUT2D eigenvalue weighted by Gasteiger charge is 2.09. The van der Waals surface area contributed by atoms with Crippen molar-refractivity contribution in [3.05, 3.63) is 57.8 Å². The molecule has 0 saturated carbocycles. The molecular formula is C16H17NO3S. The van der Waals surface area contributed by atoms with Crippen molar-refractivity contribution >= 4 is 23.2 Å². The second kappa shape index (κ2) is 7.59. The van der Waals surface area contributed by atoms with Gasteiger partial charge in [-0.1, -0.05) is 24.3 Å². The third kappa shape index (κ3) is 5.04. The van der Waals surface area contributed by atoms with E-state index in [2.05, 4.69) is 5.32 Å². The fourth-order valence-electron chi connectivity index (χ4n) is 1.81. The first-order valence-electron chi connectivity index (χ1n) is 6.63. The average molecular weight is 303 g/mol. The van der Waals surface area contributed by atoms with E-state index >= 15 is 0 Å². The van der Waals surface area contributed by atoms with Crippen LogP contribution in [0.5, 0.6) is 0 Å². The van der Waals surface area contributed by atoms with E-state index in [1.165, 1.54) is 11.3 Å². The Labute approximate surface area is 127 Å². The molecule has 0 aliphatic carbocycles. The molecule has 0 aliphatic rings. The van der Waals surface area contributed by atoms with Crippen LogP contribution in [0, 0.1) is 6.92 Å². The van der Waals surface area contributed by atoms with Gasteiger partial charge < -0.3 is 10.1 Å². The lowest BCUT2D eigenvalue weighted by atomic mass is 10.1. The molecule has 0 bridgehead atoms. The minimum atomic E-state index is -0.389. The molecule has 2 rings (SSSR count). The molecule has 5 heteroatoms. The topological polar surface area (TPSA) is 55.4 Å². The minimum absolute atomic E-state index is 0.203. The lowest BCUT2D eigenvalue weighted by Gasteiger charge is -2.08. The Morgan fingerprint density at radius 3 is 2.76 bits per heavy atom. The largest absolute Gasteiger partial charge is 0.455 e. The van der Waals surface area contributed by atoms with Crippen molar-refractivity contribution in [3.63, 3.8) is 0 Å². The number of hydrogen-bond donors (Lipinski definition) is 1. The molecule has 1 heterocycles. The molecule has 0 spiro atoms. The molecule has 0 radical (unpaired) electrons. The van der Waals surface area contributed by atoms with Gasteiger partial charge >= 0.3 is 5.97 Å². The van der Waals surface area contributed by atoms with Crippen LogP contribution in [0.15, 0.2) is 41.1 Å². The highest BCUT2D eigenvalue weighted by atomic mass is 32.1. The summed E-state index contributed by atoms with van der Waals surface area (Å²) in [5.74, 6) is -0.684. The number of carbonyl (C=O) groups is 2. The van der Waals surface area contributed by atoms with E-state index in [1.807, 2.05) is 48.0 Å². The van der Waals surface area contributed by atoms with Crippen LogP contribution < -0.4 is 5.32 Å². The zero-order valence-electron chi connectivity index (χ0n) is 11.8. The van der Waals surface area contributed by atoms with Crippen LogP contribution in [0.2, 0.25) is 0 Å². The SMILES string of the molecule is Cc1ccccc1CNC(=O)COC(=O)Cc1ccsc1. The molecule has 4 nitrogen and oxygen atoms in total. The minimum Gasteiger partial charge on any atom is -0.455 e. The van der Waals surface area contributed by atoms with Crippen LogP contribution in [-0.4, -0.2) is 18.5 Å². The number of esters is 1. The summed E-state index contributed by atoms with van der Waals surface area (Å²) < 4.78 is 4.95. The second-order valence-corrected chi connectivity index (χ2v) is 5.45. The van der Waals surface area contributed by atoms with E-state index < -0.39 is 0 Å². The van der Waals surface area contributed by atoms with Crippen LogP contribution in [0.1, 0.15) is 16.7 Å². The molecule has 2 aromatic rings. The number of rotatable bonds is 6. The fraction of sp³-hybridized carbons (Fsp3) is 0.250. The Morgan fingerprint density at radius 2 is 2.05 bits per heavy atom. The maximum atomic E-state index is 11.6. The van der Waals surface area contributed by atoms with Crippen molar-refractivity contribution in [2.24, 2.45) is 0 Å². The summed E-state index contributed by atoms with van der Waals surface area (Å²) in [6.45, 7) is 2.19. The summed E-state index contributed by atoms with van der Waals surface area (Å²) >= 11 is 1.53. The van der Waals surface area contributed by atoms with Gasteiger partial charge in [-0.2, -0.15) is 11.3 Å². The Bertz CT molecular complexity index is 608. The van der Waals surface area contributed by atoms with Crippen molar-refractivity contribution in [2.45, 2.75) is 19.9 Å². The molecule has 0 saturated heterocycles. The molecule has 110 valence electrons. The van der Waals surface area contributed by atoms with E-state index in [0.717, 1.165) is 16.7 Å². The first kappa shape index (κ1) is 15.3. The molecule has 1 amide bonds. The fourth-order valence-corrected chi connectivity index (χ4v) is 2.48. The number of thiophene rings is 1. The van der Waals surface area contributed by atoms with E-state index in [4.69, 9.17) is 4.74 Å². The third-order valence-electron chi connectivity index (χ3n) is 3.03. The highest BCUT2D eigenvalue weighted by Crippen LogP contribution is 2.07. The van der Waals surface area contributed by atoms with Crippen LogP contribution in [0.3, 0.4) is 0 Å². The van der Waals surface area contributed by atoms with Gasteiger partial charge in [0.05, 0.1) is 6.42 Å². The predicted molar refractivity (Wildman–Crippen MR) is 82.0 cm³/mol. The molecule has 0 unspecified atom stereocenters. The quantitative estimate of drug-likeness (QED) is 0.834. The Hall–Kier alpha value is -2.14. The van der Waals surface area contributed by atoms with Crippen LogP contribution >= 0.6 is 11.3 Å². The van der Waals surface area contributed by atoms with Crippen molar-refractivity contribution in [3.8, 4) is 0 Å². The summed E-state index contributed by atoms with van der Waals surface area (Å²) in [4.78, 5) is 23.2. The summed E-state index contributed by atoms with van der Waals surface area (Å²) in [6.07, 6.45) is 0.203. The lowest BCUT2D eigenvalue weighted by molar-refractivity contribution is -0.147. The predicted octanol–water partition coefficient (Wildman–Crippen LogP) is 2.46. The van der Waals surface area contributed by atoms with Gasteiger partial charge in [0.25, 0.3) is 5.91 Å². The maximum Gasteiger partial charge on any atom is 0.310 e. The number of hydrogen-bond acceptors (Lipinski definition) is 4. The van der Waals surface area contributed by atoms with Crippen LogP contribution in [0.25, 0.3) is 0 Å². The standard InChI is InChI=1S/C16H17NO3S/c1-12-4-2-3-5-14(12)9-17-15(18)10-20-16(19)8-13-6-7-21-11-13/h2-7,11H,8-10H2,1H3,(H,17,18). The molecule has 1 aromatic carbocycles. The van der Waals surface area contributed by atoms with Crippen molar-refractivity contribution in [1.82, 2.24) is 5.32 Å². The van der Waals surface area contributed by atoms with Gasteiger partial charge in [0.2, 0.25) is 0 Å². The smallest absolute Gasteiger partial charge is 0.310 e. The molecule has 1 aromatic heterocycles. The zero-order valence-corrected chi connectivity index (χ0v) is 12.6. The summed E-state index contributed by atoms with van der Waals surface area (Å²) in [5.41, 5.74) is 3.08. The summed E-state index contributed by atoms with van der Waals surface area (Å²) in [5, 5.41) is 6.53. The van der Waals surface area contributed by atoms with Gasteiger partial charge in [0, 0.05) is 6.54 Å². The van der Waals surface area contributed by atoms with Crippen molar-refractivity contribution in [2.75, 3.05) is 6.61 Å². The van der Waals surface area contributed by atoms with Crippen molar-refractivity contribution < 1.29 is 14.3 Å². The molecule has 0 atom stereocenters. The molecular weight excluding hydrogens is 286 g/mol. The van der Waals surface area contributed by atoms with E-state index in [0.29, 0.717) is 6.54 Å². The van der Waals surface area contributed by atoms with E-state index in [-0.39, 0.29) is 24.9 Å². The number of nitrogens with one attached hydrogen (secondary N) is 1. The molecule has 1 N–H and O–H groups in total. The van der Waals surface area contributed by atoms with Gasteiger partial charge in [-0.15, -0.1) is 0 Å². The molecule has 0 aliphatic heterocycles. The Kier molecular flexibility index (Phi) is 5.51. The molecule has 0 fully saturated rings. The number of benzene rings is 1. The van der Waals surface area contributed by atoms with Gasteiger partial charge in [-0.05, 0) is 40.4 Å². The monoisotopic (exact) mass is 303 g/mol. The average Bonchev–Trinajstić information content (AvgIpc) is 2.97. The number of carbonyl (C=O) groups excluding carboxylic acids is 2. The zero-order chi connectivity index (χ0) is 15.1. The van der Waals surface area contributed by atoms with Crippen LogP contribution in [-0.2, 0) is 27.3 Å². The van der Waals surface area contributed by atoms with E-state index in [1.54, 1.807) is 0 Å². The van der Waals surface area contributed by atoms with Gasteiger partial charge in [0.1, 0.15) is 0 Å². The van der Waals surface area contributed by atoms with Gasteiger partial charge in [-0.3, -0.25) is 9.59 Å². The normalized spacial score (nSPS) is 10.1. The first-order valence-corrected chi connectivity index (χ1v) is 7.57. The Balaban J connectivity index is 1.70. The summed E-state index contributed by atoms with van der Waals surface area (Å²) in [7, 11) is 0. The highest BCUT2D eigenvalue weighted by molar-refractivity contribution is 7.07.